The Hall–Kier alpha value is -0.576. The van der Waals surface area contributed by atoms with Gasteiger partial charge in [-0.1, -0.05) is 41.5 Å². The summed E-state index contributed by atoms with van der Waals surface area (Å²) in [7, 11) is -5.27. The maximum absolute atomic E-state index is 13.4. The minimum absolute atomic E-state index is 0.264. The van der Waals surface area contributed by atoms with Crippen molar-refractivity contribution in [3.05, 3.63) is 0 Å². The first-order valence-corrected chi connectivity index (χ1v) is 21.0. The van der Waals surface area contributed by atoms with Crippen LogP contribution < -0.4 is 0 Å². The molecule has 1 amide bonds. The fraction of sp³-hybridized carbons (Fsp3) is 0.967. The molecule has 0 unspecified atom stereocenters. The third-order valence-corrected chi connectivity index (χ3v) is 18.0. The molecule has 0 aromatic heterocycles. The van der Waals surface area contributed by atoms with Crippen molar-refractivity contribution in [2.75, 3.05) is 0 Å². The first-order chi connectivity index (χ1) is 18.4. The van der Waals surface area contributed by atoms with E-state index in [2.05, 4.69) is 20.8 Å². The summed E-state index contributed by atoms with van der Waals surface area (Å²) in [5, 5.41) is 45.3. The number of hydrogen-bond acceptors (Lipinski definition) is 9. The molecule has 0 aromatic rings. The van der Waals surface area contributed by atoms with E-state index in [1.54, 1.807) is 41.5 Å². The lowest BCUT2D eigenvalue weighted by Gasteiger charge is -2.49. The van der Waals surface area contributed by atoms with E-state index < -0.39 is 82.8 Å². The summed E-state index contributed by atoms with van der Waals surface area (Å²) in [6.07, 6.45) is -9.61. The Morgan fingerprint density at radius 3 is 1.52 bits per heavy atom. The molecule has 0 bridgehead atoms. The molecule has 1 rings (SSSR count). The SMILES string of the molecule is C[C@@H]1OC(C)(C)N(C(=O)OC(C)(C)C)[C@H]1[C@@H](O)[C@H](O)[C@H](O[Si](C)(C)C(C)(C)C)[C@@H](O[Si](C)(C)C(C)(C)C)[C@@H](O)[C@@H](C)O. The largest absolute Gasteiger partial charge is 0.444 e. The molecule has 1 aliphatic heterocycles. The van der Waals surface area contributed by atoms with Crippen molar-refractivity contribution in [1.29, 1.82) is 0 Å². The van der Waals surface area contributed by atoms with Crippen LogP contribution in [0.1, 0.15) is 90.0 Å². The number of carbonyl (C=O) groups excluding carboxylic acids is 1. The van der Waals surface area contributed by atoms with Gasteiger partial charge in [0.15, 0.2) is 16.6 Å². The maximum atomic E-state index is 13.4. The molecule has 1 heterocycles. The molecule has 0 saturated carbocycles. The van der Waals surface area contributed by atoms with E-state index in [-0.39, 0.29) is 10.1 Å². The van der Waals surface area contributed by atoms with Gasteiger partial charge in [0.1, 0.15) is 41.8 Å². The minimum Gasteiger partial charge on any atom is -0.444 e. The van der Waals surface area contributed by atoms with Crippen molar-refractivity contribution in [1.82, 2.24) is 4.90 Å². The molecular weight excluding hydrogens is 575 g/mol. The first-order valence-electron chi connectivity index (χ1n) is 15.2. The molecule has 12 heteroatoms. The summed E-state index contributed by atoms with van der Waals surface area (Å²) in [4.78, 5) is 14.8. The Morgan fingerprint density at radius 2 is 1.19 bits per heavy atom. The summed E-state index contributed by atoms with van der Waals surface area (Å²) in [5.41, 5.74) is -1.94. The zero-order chi connectivity index (χ0) is 33.6. The summed E-state index contributed by atoms with van der Waals surface area (Å²) >= 11 is 0. The van der Waals surface area contributed by atoms with Gasteiger partial charge in [0.25, 0.3) is 0 Å². The third kappa shape index (κ3) is 9.23. The first kappa shape index (κ1) is 39.4. The van der Waals surface area contributed by atoms with Gasteiger partial charge < -0.3 is 38.8 Å². The van der Waals surface area contributed by atoms with Crippen LogP contribution in [0.15, 0.2) is 0 Å². The molecule has 1 aliphatic rings. The molecule has 0 radical (unpaired) electrons. The van der Waals surface area contributed by atoms with Crippen molar-refractivity contribution in [3.8, 4) is 0 Å². The number of rotatable bonds is 10. The highest BCUT2D eigenvalue weighted by Crippen LogP contribution is 2.43. The molecule has 4 N–H and O–H groups in total. The maximum Gasteiger partial charge on any atom is 0.413 e. The molecule has 10 nitrogen and oxygen atoms in total. The van der Waals surface area contributed by atoms with Gasteiger partial charge in [-0.05, 0) is 84.7 Å². The predicted octanol–water partition coefficient (Wildman–Crippen LogP) is 4.99. The van der Waals surface area contributed by atoms with E-state index in [1.807, 2.05) is 47.0 Å². The summed E-state index contributed by atoms with van der Waals surface area (Å²) in [6, 6.07) is -1.01. The number of nitrogens with zero attached hydrogens (tertiary/aromatic N) is 1. The van der Waals surface area contributed by atoms with Crippen molar-refractivity contribution >= 4 is 22.7 Å². The lowest BCUT2D eigenvalue weighted by molar-refractivity contribution is -0.150. The number of amides is 1. The van der Waals surface area contributed by atoms with Crippen LogP contribution in [-0.4, -0.2) is 108 Å². The van der Waals surface area contributed by atoms with Gasteiger partial charge in [0, 0.05) is 0 Å². The van der Waals surface area contributed by atoms with Crippen LogP contribution in [0.2, 0.25) is 36.3 Å². The van der Waals surface area contributed by atoms with E-state index in [4.69, 9.17) is 18.3 Å². The normalized spacial score (nSPS) is 25.0. The number of ether oxygens (including phenoxy) is 2. The number of aliphatic hydroxyl groups is 4. The highest BCUT2D eigenvalue weighted by molar-refractivity contribution is 6.74. The minimum atomic E-state index is -2.66. The molecule has 0 aromatic carbocycles. The lowest BCUT2D eigenvalue weighted by Crippen LogP contribution is -2.64. The van der Waals surface area contributed by atoms with Crippen molar-refractivity contribution < 1.29 is 43.5 Å². The summed E-state index contributed by atoms with van der Waals surface area (Å²) in [5.74, 6) is 0. The molecule has 1 fully saturated rings. The van der Waals surface area contributed by atoms with Gasteiger partial charge in [0.2, 0.25) is 0 Å². The molecule has 42 heavy (non-hydrogen) atoms. The Balaban J connectivity index is 3.78. The van der Waals surface area contributed by atoms with Gasteiger partial charge in [-0.2, -0.15) is 0 Å². The topological polar surface area (TPSA) is 138 Å². The lowest BCUT2D eigenvalue weighted by atomic mass is 9.91. The summed E-state index contributed by atoms with van der Waals surface area (Å²) in [6.45, 7) is 32.2. The third-order valence-electron chi connectivity index (χ3n) is 9.09. The number of carbonyl (C=O) groups is 1. The van der Waals surface area contributed by atoms with Gasteiger partial charge >= 0.3 is 6.09 Å². The van der Waals surface area contributed by atoms with Gasteiger partial charge in [-0.15, -0.1) is 0 Å². The van der Waals surface area contributed by atoms with Gasteiger partial charge in [-0.3, -0.25) is 4.90 Å². The zero-order valence-corrected chi connectivity index (χ0v) is 31.4. The van der Waals surface area contributed by atoms with Crippen LogP contribution >= 0.6 is 0 Å². The Morgan fingerprint density at radius 1 is 0.810 bits per heavy atom. The van der Waals surface area contributed by atoms with Gasteiger partial charge in [0.05, 0.1) is 18.2 Å². The van der Waals surface area contributed by atoms with Crippen molar-refractivity contribution in [3.63, 3.8) is 0 Å². The quantitative estimate of drug-likeness (QED) is 0.244. The fourth-order valence-electron chi connectivity index (χ4n) is 4.60. The second-order valence-electron chi connectivity index (χ2n) is 16.5. The van der Waals surface area contributed by atoms with Crippen LogP contribution in [0.3, 0.4) is 0 Å². The van der Waals surface area contributed by atoms with Crippen LogP contribution in [0, 0.1) is 0 Å². The van der Waals surface area contributed by atoms with E-state index in [1.165, 1.54) is 11.8 Å². The van der Waals surface area contributed by atoms with Crippen LogP contribution in [0.4, 0.5) is 4.79 Å². The number of hydrogen-bond donors (Lipinski definition) is 4. The number of aliphatic hydroxyl groups excluding tert-OH is 4. The van der Waals surface area contributed by atoms with Crippen LogP contribution in [0.25, 0.3) is 0 Å². The molecule has 0 aliphatic carbocycles. The monoisotopic (exact) mass is 637 g/mol. The van der Waals surface area contributed by atoms with Crippen LogP contribution in [-0.2, 0) is 18.3 Å². The molecule has 0 spiro atoms. The molecule has 8 atom stereocenters. The van der Waals surface area contributed by atoms with Crippen molar-refractivity contribution in [2.24, 2.45) is 0 Å². The van der Waals surface area contributed by atoms with Gasteiger partial charge in [-0.25, -0.2) is 4.79 Å². The predicted molar refractivity (Wildman–Crippen MR) is 170 cm³/mol. The second-order valence-corrected chi connectivity index (χ2v) is 26.0. The van der Waals surface area contributed by atoms with Crippen LogP contribution in [0.5, 0.6) is 0 Å². The second kappa shape index (κ2) is 13.0. The molecular formula is C30H63NO9Si2. The van der Waals surface area contributed by atoms with E-state index in [0.29, 0.717) is 0 Å². The fourth-order valence-corrected chi connectivity index (χ4v) is 7.22. The Bertz CT molecular complexity index is 906. The summed E-state index contributed by atoms with van der Waals surface area (Å²) < 4.78 is 25.3. The average Bonchev–Trinajstić information content (AvgIpc) is 2.99. The highest BCUT2D eigenvalue weighted by Gasteiger charge is 2.57. The van der Waals surface area contributed by atoms with Crippen molar-refractivity contribution in [2.45, 2.75) is 186 Å². The standard InChI is InChI=1S/C30H63NO9Si2/c1-18(32)21(33)24(39-41(14,15)28(6,7)8)25(40-42(16,17)29(9,10)11)23(35)22(34)20-19(2)37-30(12,13)31(20)26(36)38-27(3,4)5/h18-25,32-35H,1-17H3/t18-,19+,20-,21+,22-,23+,24+,25+/m1/s1. The Kier molecular flexibility index (Phi) is 12.2. The molecule has 1 saturated heterocycles. The molecule has 250 valence electrons. The van der Waals surface area contributed by atoms with E-state index in [0.717, 1.165) is 0 Å². The Labute approximate surface area is 257 Å². The van der Waals surface area contributed by atoms with E-state index in [9.17, 15) is 25.2 Å². The highest BCUT2D eigenvalue weighted by atomic mass is 28.4. The smallest absolute Gasteiger partial charge is 0.413 e. The average molecular weight is 638 g/mol. The van der Waals surface area contributed by atoms with E-state index >= 15 is 0 Å². The zero-order valence-electron chi connectivity index (χ0n) is 29.4.